The van der Waals surface area contributed by atoms with Gasteiger partial charge in [-0.15, -0.1) is 0 Å². The van der Waals surface area contributed by atoms with Gasteiger partial charge < -0.3 is 16.0 Å². The van der Waals surface area contributed by atoms with Gasteiger partial charge in [0.2, 0.25) is 11.8 Å². The van der Waals surface area contributed by atoms with Crippen molar-refractivity contribution in [2.75, 3.05) is 19.6 Å². The fourth-order valence-corrected chi connectivity index (χ4v) is 1.35. The molecule has 0 fully saturated rings. The van der Waals surface area contributed by atoms with Gasteiger partial charge in [-0.3, -0.25) is 9.59 Å². The lowest BCUT2D eigenvalue weighted by atomic mass is 10.2. The third-order valence-electron chi connectivity index (χ3n) is 2.40. The Balaban J connectivity index is 3.66. The van der Waals surface area contributed by atoms with E-state index in [9.17, 15) is 9.59 Å². The van der Waals surface area contributed by atoms with Crippen molar-refractivity contribution in [2.24, 2.45) is 5.73 Å². The van der Waals surface area contributed by atoms with Crippen molar-refractivity contribution in [3.63, 3.8) is 0 Å². The predicted molar refractivity (Wildman–Crippen MR) is 63.8 cm³/mol. The van der Waals surface area contributed by atoms with E-state index < -0.39 is 6.04 Å². The maximum absolute atomic E-state index is 11.6. The molecule has 0 spiro atoms. The van der Waals surface area contributed by atoms with E-state index in [0.29, 0.717) is 19.4 Å². The molecule has 3 N–H and O–H groups in total. The maximum atomic E-state index is 11.6. The Morgan fingerprint density at radius 1 is 1.31 bits per heavy atom. The van der Waals surface area contributed by atoms with Crippen LogP contribution in [0, 0.1) is 0 Å². The van der Waals surface area contributed by atoms with Crippen molar-refractivity contribution in [1.82, 2.24) is 10.2 Å². The molecule has 2 amide bonds. The summed E-state index contributed by atoms with van der Waals surface area (Å²) in [6.07, 6.45) is 1.13. The molecule has 0 saturated heterocycles. The van der Waals surface area contributed by atoms with Crippen LogP contribution in [0.2, 0.25) is 0 Å². The molecule has 0 unspecified atom stereocenters. The average molecular weight is 229 g/mol. The third-order valence-corrected chi connectivity index (χ3v) is 2.40. The second kappa shape index (κ2) is 8.10. The Labute approximate surface area is 97.4 Å². The molecule has 0 rings (SSSR count). The van der Waals surface area contributed by atoms with Crippen LogP contribution < -0.4 is 11.1 Å². The zero-order valence-electron chi connectivity index (χ0n) is 10.5. The van der Waals surface area contributed by atoms with Crippen LogP contribution >= 0.6 is 0 Å². The summed E-state index contributed by atoms with van der Waals surface area (Å²) in [7, 11) is 0. The topological polar surface area (TPSA) is 75.4 Å². The van der Waals surface area contributed by atoms with Gasteiger partial charge in [0, 0.05) is 26.1 Å². The fourth-order valence-electron chi connectivity index (χ4n) is 1.35. The van der Waals surface area contributed by atoms with E-state index in [0.717, 1.165) is 13.1 Å². The van der Waals surface area contributed by atoms with Crippen LogP contribution in [-0.2, 0) is 9.59 Å². The van der Waals surface area contributed by atoms with Crippen molar-refractivity contribution in [1.29, 1.82) is 0 Å². The number of amides is 2. The molecule has 0 saturated carbocycles. The molecule has 0 aromatic rings. The van der Waals surface area contributed by atoms with Gasteiger partial charge in [0.25, 0.3) is 0 Å². The van der Waals surface area contributed by atoms with E-state index in [1.807, 2.05) is 13.8 Å². The minimum atomic E-state index is -0.488. The van der Waals surface area contributed by atoms with Crippen LogP contribution in [0.5, 0.6) is 0 Å². The summed E-state index contributed by atoms with van der Waals surface area (Å²) in [5.41, 5.74) is 5.38. The molecule has 0 aliphatic heterocycles. The van der Waals surface area contributed by atoms with Crippen LogP contribution in [-0.4, -0.2) is 42.4 Å². The zero-order valence-corrected chi connectivity index (χ0v) is 10.5. The molecule has 5 heteroatoms. The molecule has 0 bridgehead atoms. The quantitative estimate of drug-likeness (QED) is 0.608. The Morgan fingerprint density at radius 2 is 1.88 bits per heavy atom. The van der Waals surface area contributed by atoms with E-state index in [4.69, 9.17) is 5.73 Å². The van der Waals surface area contributed by atoms with Crippen molar-refractivity contribution < 1.29 is 9.59 Å². The summed E-state index contributed by atoms with van der Waals surface area (Å²) in [5.74, 6) is -0.0321. The van der Waals surface area contributed by atoms with E-state index in [1.165, 1.54) is 0 Å². The molecule has 5 nitrogen and oxygen atoms in total. The van der Waals surface area contributed by atoms with Gasteiger partial charge in [0.05, 0.1) is 6.04 Å². The number of nitrogens with two attached hydrogens (primary N) is 1. The number of hydrogen-bond acceptors (Lipinski definition) is 3. The number of carbonyl (C=O) groups is 2. The van der Waals surface area contributed by atoms with Gasteiger partial charge in [-0.1, -0.05) is 0 Å². The summed E-state index contributed by atoms with van der Waals surface area (Å²) < 4.78 is 0. The second-order valence-corrected chi connectivity index (χ2v) is 3.75. The Hall–Kier alpha value is -1.10. The first-order chi connectivity index (χ1) is 7.52. The molecule has 16 heavy (non-hydrogen) atoms. The Morgan fingerprint density at radius 3 is 2.31 bits per heavy atom. The van der Waals surface area contributed by atoms with Gasteiger partial charge in [0.1, 0.15) is 0 Å². The number of nitrogens with one attached hydrogen (secondary N) is 1. The van der Waals surface area contributed by atoms with Crippen molar-refractivity contribution >= 4 is 11.8 Å². The number of carbonyl (C=O) groups excluding carboxylic acids is 2. The number of hydrogen-bond donors (Lipinski definition) is 2. The third kappa shape index (κ3) is 5.70. The van der Waals surface area contributed by atoms with Crippen LogP contribution in [0.1, 0.15) is 33.6 Å². The van der Waals surface area contributed by atoms with E-state index >= 15 is 0 Å². The minimum Gasteiger partial charge on any atom is -0.355 e. The van der Waals surface area contributed by atoms with Gasteiger partial charge in [-0.2, -0.15) is 0 Å². The highest BCUT2D eigenvalue weighted by Crippen LogP contribution is 1.96. The van der Waals surface area contributed by atoms with Gasteiger partial charge in [-0.05, 0) is 27.2 Å². The lowest BCUT2D eigenvalue weighted by Crippen LogP contribution is -2.39. The average Bonchev–Trinajstić information content (AvgIpc) is 2.25. The summed E-state index contributed by atoms with van der Waals surface area (Å²) in [4.78, 5) is 24.5. The summed E-state index contributed by atoms with van der Waals surface area (Å²) in [6, 6.07) is -0.488. The van der Waals surface area contributed by atoms with Crippen molar-refractivity contribution in [3.05, 3.63) is 0 Å². The SMILES string of the molecule is CCN(CC)C(=O)CCCNC(=O)[C@H](C)N. The molecular weight excluding hydrogens is 206 g/mol. The fraction of sp³-hybridized carbons (Fsp3) is 0.818. The first-order valence-corrected chi connectivity index (χ1v) is 5.83. The van der Waals surface area contributed by atoms with E-state index in [-0.39, 0.29) is 11.8 Å². The van der Waals surface area contributed by atoms with E-state index in [2.05, 4.69) is 5.32 Å². The van der Waals surface area contributed by atoms with Crippen LogP contribution in [0.25, 0.3) is 0 Å². The van der Waals surface area contributed by atoms with E-state index in [1.54, 1.807) is 11.8 Å². The largest absolute Gasteiger partial charge is 0.355 e. The Kier molecular flexibility index (Phi) is 7.54. The normalized spacial score (nSPS) is 12.0. The Bertz CT molecular complexity index is 225. The molecule has 1 atom stereocenters. The number of nitrogens with zero attached hydrogens (tertiary/aromatic N) is 1. The molecular formula is C11H23N3O2. The lowest BCUT2D eigenvalue weighted by Gasteiger charge is -2.18. The molecule has 0 aromatic carbocycles. The van der Waals surface area contributed by atoms with Crippen LogP contribution in [0.15, 0.2) is 0 Å². The second-order valence-electron chi connectivity index (χ2n) is 3.75. The molecule has 94 valence electrons. The lowest BCUT2D eigenvalue weighted by molar-refractivity contribution is -0.131. The van der Waals surface area contributed by atoms with Crippen LogP contribution in [0.4, 0.5) is 0 Å². The van der Waals surface area contributed by atoms with Gasteiger partial charge >= 0.3 is 0 Å². The standard InChI is InChI=1S/C11H23N3O2/c1-4-14(5-2)10(15)7-6-8-13-11(16)9(3)12/h9H,4-8,12H2,1-3H3,(H,13,16)/t9-/m0/s1. The predicted octanol–water partition coefficient (Wildman–Crippen LogP) is 0.0984. The highest BCUT2D eigenvalue weighted by Gasteiger charge is 2.09. The molecule has 0 aromatic heterocycles. The minimum absolute atomic E-state index is 0.139. The molecule has 0 aliphatic carbocycles. The van der Waals surface area contributed by atoms with Crippen molar-refractivity contribution in [2.45, 2.75) is 39.7 Å². The summed E-state index contributed by atoms with van der Waals surface area (Å²) >= 11 is 0. The first kappa shape index (κ1) is 14.9. The monoisotopic (exact) mass is 229 g/mol. The first-order valence-electron chi connectivity index (χ1n) is 5.83. The van der Waals surface area contributed by atoms with Gasteiger partial charge in [-0.25, -0.2) is 0 Å². The van der Waals surface area contributed by atoms with Crippen LogP contribution in [0.3, 0.4) is 0 Å². The zero-order chi connectivity index (χ0) is 12.6. The molecule has 0 heterocycles. The molecule has 0 radical (unpaired) electrons. The van der Waals surface area contributed by atoms with Gasteiger partial charge in [0.15, 0.2) is 0 Å². The summed E-state index contributed by atoms with van der Waals surface area (Å²) in [6.45, 7) is 7.53. The molecule has 0 aliphatic rings. The smallest absolute Gasteiger partial charge is 0.236 e. The summed E-state index contributed by atoms with van der Waals surface area (Å²) in [5, 5.41) is 2.68. The van der Waals surface area contributed by atoms with Crippen molar-refractivity contribution in [3.8, 4) is 0 Å². The maximum Gasteiger partial charge on any atom is 0.236 e. The highest BCUT2D eigenvalue weighted by atomic mass is 16.2. The number of rotatable bonds is 7. The highest BCUT2D eigenvalue weighted by molar-refractivity contribution is 5.81.